The minimum absolute atomic E-state index is 0.169. The lowest BCUT2D eigenvalue weighted by molar-refractivity contribution is 0.356. The van der Waals surface area contributed by atoms with E-state index >= 15 is 0 Å². The number of aromatic nitrogens is 1. The van der Waals surface area contributed by atoms with Crippen LogP contribution in [-0.2, 0) is 17.7 Å². The molecule has 0 saturated heterocycles. The Labute approximate surface area is 79.4 Å². The Kier molecular flexibility index (Phi) is 3.60. The van der Waals surface area contributed by atoms with Gasteiger partial charge < -0.3 is 15.4 Å². The van der Waals surface area contributed by atoms with Gasteiger partial charge in [-0.1, -0.05) is 0 Å². The molecular formula is C8H13N2O2P. The molecule has 1 aromatic rings. The summed E-state index contributed by atoms with van der Waals surface area (Å²) in [6.07, 6.45) is 1.67. The molecule has 0 saturated carbocycles. The summed E-state index contributed by atoms with van der Waals surface area (Å²) in [5.74, 6) is 0.169. The maximum absolute atomic E-state index is 9.60. The van der Waals surface area contributed by atoms with Crippen LogP contribution in [0.4, 0.5) is 0 Å². The van der Waals surface area contributed by atoms with Gasteiger partial charge in [0.05, 0.1) is 12.3 Å². The fraction of sp³-hybridized carbons (Fsp3) is 0.375. The standard InChI is InChI=1S/C8H13N2O2P/c1-5-8(11)7(2-9)6(3-10-5)4-12-13/h3,11H,2,4,9,13H2,1H3. The lowest BCUT2D eigenvalue weighted by Crippen LogP contribution is -2.04. The van der Waals surface area contributed by atoms with Crippen molar-refractivity contribution in [2.75, 3.05) is 0 Å². The maximum atomic E-state index is 9.60. The summed E-state index contributed by atoms with van der Waals surface area (Å²) in [7, 11) is 2.15. The fourth-order valence-corrected chi connectivity index (χ4v) is 1.31. The van der Waals surface area contributed by atoms with Gasteiger partial charge in [-0.05, 0) is 6.92 Å². The minimum atomic E-state index is 0.169. The van der Waals surface area contributed by atoms with E-state index in [4.69, 9.17) is 10.3 Å². The molecule has 3 N–H and O–H groups in total. The molecule has 0 aliphatic carbocycles. The van der Waals surface area contributed by atoms with E-state index in [9.17, 15) is 5.11 Å². The van der Waals surface area contributed by atoms with Crippen molar-refractivity contribution in [1.29, 1.82) is 0 Å². The van der Waals surface area contributed by atoms with E-state index in [0.717, 1.165) is 5.56 Å². The van der Waals surface area contributed by atoms with Crippen LogP contribution >= 0.6 is 9.47 Å². The van der Waals surface area contributed by atoms with E-state index in [1.54, 1.807) is 13.1 Å². The first-order valence-electron chi connectivity index (χ1n) is 3.88. The van der Waals surface area contributed by atoms with Crippen LogP contribution in [0.3, 0.4) is 0 Å². The van der Waals surface area contributed by atoms with E-state index in [1.165, 1.54) is 0 Å². The normalized spacial score (nSPS) is 10.4. The molecule has 0 fully saturated rings. The highest BCUT2D eigenvalue weighted by Crippen LogP contribution is 2.23. The Hall–Kier alpha value is -0.700. The van der Waals surface area contributed by atoms with Gasteiger partial charge >= 0.3 is 0 Å². The maximum Gasteiger partial charge on any atom is 0.141 e. The molecule has 13 heavy (non-hydrogen) atoms. The molecular weight excluding hydrogens is 187 g/mol. The molecule has 1 unspecified atom stereocenters. The van der Waals surface area contributed by atoms with Crippen LogP contribution in [0, 0.1) is 6.92 Å². The van der Waals surface area contributed by atoms with E-state index in [1.807, 2.05) is 0 Å². The molecule has 5 heteroatoms. The monoisotopic (exact) mass is 200 g/mol. The first kappa shape index (κ1) is 10.4. The zero-order valence-electron chi connectivity index (χ0n) is 7.45. The fourth-order valence-electron chi connectivity index (χ4n) is 1.13. The van der Waals surface area contributed by atoms with E-state index in [2.05, 4.69) is 14.5 Å². The van der Waals surface area contributed by atoms with Crippen LogP contribution in [0.5, 0.6) is 5.75 Å². The zero-order valence-corrected chi connectivity index (χ0v) is 8.60. The number of nitrogens with two attached hydrogens (primary N) is 1. The molecule has 0 spiro atoms. The molecule has 0 bridgehead atoms. The van der Waals surface area contributed by atoms with Crippen molar-refractivity contribution in [2.45, 2.75) is 20.1 Å². The average molecular weight is 200 g/mol. The van der Waals surface area contributed by atoms with Gasteiger partial charge in [0, 0.05) is 33.3 Å². The van der Waals surface area contributed by atoms with Crippen LogP contribution in [0.2, 0.25) is 0 Å². The minimum Gasteiger partial charge on any atom is -0.506 e. The topological polar surface area (TPSA) is 68.4 Å². The predicted molar refractivity (Wildman–Crippen MR) is 53.0 cm³/mol. The van der Waals surface area contributed by atoms with E-state index in [0.29, 0.717) is 24.4 Å². The number of pyridine rings is 1. The summed E-state index contributed by atoms with van der Waals surface area (Å²) in [5, 5.41) is 9.60. The highest BCUT2D eigenvalue weighted by atomic mass is 31.0. The number of aromatic hydroxyl groups is 1. The van der Waals surface area contributed by atoms with Crippen LogP contribution in [0.25, 0.3) is 0 Å². The van der Waals surface area contributed by atoms with Gasteiger partial charge in [0.25, 0.3) is 0 Å². The third-order valence-electron chi connectivity index (χ3n) is 1.87. The van der Waals surface area contributed by atoms with Crippen molar-refractivity contribution < 1.29 is 9.63 Å². The SMILES string of the molecule is Cc1ncc(COP)c(CN)c1O. The highest BCUT2D eigenvalue weighted by molar-refractivity contribution is 7.09. The number of nitrogens with zero attached hydrogens (tertiary/aromatic N) is 1. The second-order valence-electron chi connectivity index (χ2n) is 2.71. The Morgan fingerprint density at radius 3 is 2.92 bits per heavy atom. The molecule has 0 aromatic carbocycles. The summed E-state index contributed by atoms with van der Waals surface area (Å²) >= 11 is 0. The van der Waals surface area contributed by atoms with Crippen LogP contribution in [0.15, 0.2) is 6.20 Å². The molecule has 4 nitrogen and oxygen atoms in total. The smallest absolute Gasteiger partial charge is 0.141 e. The van der Waals surface area contributed by atoms with Gasteiger partial charge in [0.15, 0.2) is 0 Å². The number of hydrogen-bond donors (Lipinski definition) is 2. The molecule has 1 heterocycles. The van der Waals surface area contributed by atoms with Gasteiger partial charge in [-0.3, -0.25) is 4.98 Å². The molecule has 1 rings (SSSR count). The predicted octanol–water partition coefficient (Wildman–Crippen LogP) is 0.861. The Bertz CT molecular complexity index is 304. The summed E-state index contributed by atoms with van der Waals surface area (Å²) in [6, 6.07) is 0. The Morgan fingerprint density at radius 1 is 1.69 bits per heavy atom. The highest BCUT2D eigenvalue weighted by Gasteiger charge is 2.09. The molecule has 0 radical (unpaired) electrons. The summed E-state index contributed by atoms with van der Waals surface area (Å²) < 4.78 is 4.88. The first-order chi connectivity index (χ1) is 6.20. The lowest BCUT2D eigenvalue weighted by Gasteiger charge is -2.09. The van der Waals surface area contributed by atoms with E-state index < -0.39 is 0 Å². The van der Waals surface area contributed by atoms with Gasteiger partial charge in [-0.15, -0.1) is 0 Å². The van der Waals surface area contributed by atoms with Gasteiger partial charge in [0.2, 0.25) is 0 Å². The third-order valence-corrected chi connectivity index (χ3v) is 2.04. The lowest BCUT2D eigenvalue weighted by atomic mass is 10.1. The molecule has 0 aliphatic rings. The van der Waals surface area contributed by atoms with Crippen LogP contribution < -0.4 is 5.73 Å². The Morgan fingerprint density at radius 2 is 2.38 bits per heavy atom. The molecule has 0 aliphatic heterocycles. The third kappa shape index (κ3) is 2.15. The zero-order chi connectivity index (χ0) is 9.84. The number of rotatable bonds is 3. The van der Waals surface area contributed by atoms with Gasteiger partial charge in [-0.25, -0.2) is 0 Å². The van der Waals surface area contributed by atoms with Gasteiger partial charge in [-0.2, -0.15) is 0 Å². The summed E-state index contributed by atoms with van der Waals surface area (Å²) in [5.41, 5.74) is 7.61. The van der Waals surface area contributed by atoms with Crippen LogP contribution in [-0.4, -0.2) is 10.1 Å². The van der Waals surface area contributed by atoms with Crippen molar-refractivity contribution >= 4 is 9.47 Å². The van der Waals surface area contributed by atoms with Crippen molar-refractivity contribution in [3.8, 4) is 5.75 Å². The quantitative estimate of drug-likeness (QED) is 0.710. The van der Waals surface area contributed by atoms with Crippen molar-refractivity contribution in [3.63, 3.8) is 0 Å². The van der Waals surface area contributed by atoms with Crippen molar-refractivity contribution in [3.05, 3.63) is 23.0 Å². The molecule has 1 atom stereocenters. The molecule has 0 amide bonds. The molecule has 1 aromatic heterocycles. The van der Waals surface area contributed by atoms with Gasteiger partial charge in [0.1, 0.15) is 5.75 Å². The second kappa shape index (κ2) is 4.51. The van der Waals surface area contributed by atoms with Crippen molar-refractivity contribution in [2.24, 2.45) is 5.73 Å². The first-order valence-corrected chi connectivity index (χ1v) is 4.36. The summed E-state index contributed by atoms with van der Waals surface area (Å²) in [4.78, 5) is 4.01. The largest absolute Gasteiger partial charge is 0.506 e. The number of aryl methyl sites for hydroxylation is 1. The van der Waals surface area contributed by atoms with E-state index in [-0.39, 0.29) is 5.75 Å². The second-order valence-corrected chi connectivity index (χ2v) is 3.04. The van der Waals surface area contributed by atoms with Crippen molar-refractivity contribution in [1.82, 2.24) is 4.98 Å². The Balaban J connectivity index is 3.13. The molecule has 72 valence electrons. The average Bonchev–Trinajstić information content (AvgIpc) is 2.12. The van der Waals surface area contributed by atoms with Crippen LogP contribution in [0.1, 0.15) is 16.8 Å². The summed E-state index contributed by atoms with van der Waals surface area (Å²) in [6.45, 7) is 2.41. The number of hydrogen-bond acceptors (Lipinski definition) is 4.